The summed E-state index contributed by atoms with van der Waals surface area (Å²) < 4.78 is 12.2. The molecule has 1 amide bonds. The smallest absolute Gasteiger partial charge is 0.348 e. The Labute approximate surface area is 194 Å². The van der Waals surface area contributed by atoms with Gasteiger partial charge in [-0.1, -0.05) is 17.8 Å². The van der Waals surface area contributed by atoms with E-state index in [1.54, 1.807) is 26.8 Å². The summed E-state index contributed by atoms with van der Waals surface area (Å²) in [5.74, 6) is -0.0644. The number of anilines is 1. The van der Waals surface area contributed by atoms with Gasteiger partial charge in [-0.2, -0.15) is 0 Å². The van der Waals surface area contributed by atoms with Crippen LogP contribution in [-0.2, 0) is 20.8 Å². The Balaban J connectivity index is 1.75. The predicted molar refractivity (Wildman–Crippen MR) is 123 cm³/mol. The molecular weight excluding hydrogens is 452 g/mol. The van der Waals surface area contributed by atoms with Gasteiger partial charge >= 0.3 is 11.9 Å². The molecule has 9 nitrogen and oxygen atoms in total. The first kappa shape index (κ1) is 24.0. The number of thioether (sulfide) groups is 1. The van der Waals surface area contributed by atoms with E-state index < -0.39 is 11.9 Å². The molecule has 0 bridgehead atoms. The van der Waals surface area contributed by atoms with Crippen molar-refractivity contribution in [1.29, 1.82) is 0 Å². The van der Waals surface area contributed by atoms with Gasteiger partial charge < -0.3 is 19.4 Å². The average Bonchev–Trinajstić information content (AvgIpc) is 3.44. The fourth-order valence-corrected chi connectivity index (χ4v) is 4.95. The summed E-state index contributed by atoms with van der Waals surface area (Å²) in [6.45, 7) is 9.76. The van der Waals surface area contributed by atoms with Crippen molar-refractivity contribution in [2.24, 2.45) is 0 Å². The Kier molecular flexibility index (Phi) is 8.08. The lowest BCUT2D eigenvalue weighted by Gasteiger charge is -2.08. The van der Waals surface area contributed by atoms with Crippen LogP contribution < -0.4 is 5.32 Å². The number of thiophene rings is 1. The maximum atomic E-state index is 12.7. The van der Waals surface area contributed by atoms with Gasteiger partial charge in [0.25, 0.3) is 0 Å². The molecule has 0 aromatic carbocycles. The summed E-state index contributed by atoms with van der Waals surface area (Å²) in [5, 5.41) is 12.1. The molecule has 172 valence electrons. The number of hydrogen-bond donors (Lipinski definition) is 1. The molecule has 1 aliphatic carbocycles. The number of nitrogens with one attached hydrogen (secondary N) is 1. The van der Waals surface area contributed by atoms with Crippen LogP contribution in [0.1, 0.15) is 64.0 Å². The lowest BCUT2D eigenvalue weighted by Crippen LogP contribution is -2.17. The maximum Gasteiger partial charge on any atom is 0.348 e. The highest BCUT2D eigenvalue weighted by Crippen LogP contribution is 2.40. The molecule has 1 N–H and O–H groups in total. The summed E-state index contributed by atoms with van der Waals surface area (Å²) >= 11 is 2.26. The van der Waals surface area contributed by atoms with Gasteiger partial charge in [0.15, 0.2) is 5.16 Å². The Hall–Kier alpha value is -2.66. The first-order chi connectivity index (χ1) is 15.4. The number of hydrogen-bond acceptors (Lipinski definition) is 9. The Bertz CT molecular complexity index is 1030. The van der Waals surface area contributed by atoms with Crippen molar-refractivity contribution in [3.8, 4) is 0 Å². The molecule has 1 saturated carbocycles. The molecule has 0 atom stereocenters. The van der Waals surface area contributed by atoms with Gasteiger partial charge in [0.1, 0.15) is 15.7 Å². The molecule has 1 aliphatic rings. The zero-order valence-electron chi connectivity index (χ0n) is 18.3. The molecule has 0 spiro atoms. The number of amides is 1. The summed E-state index contributed by atoms with van der Waals surface area (Å²) in [7, 11) is 0. The maximum absolute atomic E-state index is 12.7. The van der Waals surface area contributed by atoms with Crippen molar-refractivity contribution in [3.63, 3.8) is 0 Å². The summed E-state index contributed by atoms with van der Waals surface area (Å²) in [5.41, 5.74) is 0.596. The van der Waals surface area contributed by atoms with E-state index in [1.165, 1.54) is 11.8 Å². The van der Waals surface area contributed by atoms with Crippen LogP contribution in [0, 0.1) is 6.92 Å². The number of carbonyl (C=O) groups excluding carboxylic acids is 3. The number of rotatable bonds is 11. The minimum Gasteiger partial charge on any atom is -0.462 e. The number of esters is 2. The van der Waals surface area contributed by atoms with Gasteiger partial charge in [-0.3, -0.25) is 4.79 Å². The van der Waals surface area contributed by atoms with E-state index in [9.17, 15) is 14.4 Å². The van der Waals surface area contributed by atoms with E-state index in [4.69, 9.17) is 9.47 Å². The second-order valence-electron chi connectivity index (χ2n) is 7.05. The van der Waals surface area contributed by atoms with Gasteiger partial charge in [0, 0.05) is 12.5 Å². The molecule has 11 heteroatoms. The second kappa shape index (κ2) is 10.8. The number of nitrogens with zero attached hydrogens (tertiary/aromatic N) is 3. The molecule has 32 heavy (non-hydrogen) atoms. The highest BCUT2D eigenvalue weighted by Gasteiger charge is 2.31. The van der Waals surface area contributed by atoms with Crippen LogP contribution in [0.25, 0.3) is 0 Å². The summed E-state index contributed by atoms with van der Waals surface area (Å²) in [4.78, 5) is 37.7. The molecule has 0 radical (unpaired) electrons. The third-order valence-electron chi connectivity index (χ3n) is 4.67. The van der Waals surface area contributed by atoms with Crippen LogP contribution in [0.3, 0.4) is 0 Å². The predicted octanol–water partition coefficient (Wildman–Crippen LogP) is 3.80. The van der Waals surface area contributed by atoms with Crippen molar-refractivity contribution in [2.75, 3.05) is 24.3 Å². The van der Waals surface area contributed by atoms with Gasteiger partial charge in [0.2, 0.25) is 5.91 Å². The van der Waals surface area contributed by atoms with Crippen LogP contribution in [0.2, 0.25) is 0 Å². The average molecular weight is 479 g/mol. The Morgan fingerprint density at radius 2 is 1.91 bits per heavy atom. The lowest BCUT2D eigenvalue weighted by atomic mass is 10.1. The highest BCUT2D eigenvalue weighted by molar-refractivity contribution is 7.99. The lowest BCUT2D eigenvalue weighted by molar-refractivity contribution is -0.113. The topological polar surface area (TPSA) is 112 Å². The minimum absolute atomic E-state index is 0.0634. The van der Waals surface area contributed by atoms with E-state index in [-0.39, 0.29) is 40.3 Å². The van der Waals surface area contributed by atoms with E-state index >= 15 is 0 Å². The Morgan fingerprint density at radius 1 is 1.22 bits per heavy atom. The molecular formula is C21H26N4O5S2. The van der Waals surface area contributed by atoms with Crippen LogP contribution >= 0.6 is 23.1 Å². The highest BCUT2D eigenvalue weighted by atomic mass is 32.2. The van der Waals surface area contributed by atoms with Crippen LogP contribution in [-0.4, -0.2) is 51.6 Å². The quantitative estimate of drug-likeness (QED) is 0.295. The SMILES string of the molecule is C=CCn1c(SCC(=O)Nc2sc(C(=O)OCC)c(C)c2C(=O)OCC)nnc1C1CC1. The largest absolute Gasteiger partial charge is 0.462 e. The van der Waals surface area contributed by atoms with Crippen LogP contribution in [0.15, 0.2) is 17.8 Å². The zero-order chi connectivity index (χ0) is 23.3. The first-order valence-electron chi connectivity index (χ1n) is 10.3. The van der Waals surface area contributed by atoms with E-state index in [0.717, 1.165) is 30.0 Å². The van der Waals surface area contributed by atoms with Gasteiger partial charge in [-0.15, -0.1) is 28.1 Å². The molecule has 2 heterocycles. The Morgan fingerprint density at radius 3 is 2.53 bits per heavy atom. The van der Waals surface area contributed by atoms with Gasteiger partial charge in [0.05, 0.1) is 24.5 Å². The van der Waals surface area contributed by atoms with Crippen molar-refractivity contribution in [1.82, 2.24) is 14.8 Å². The van der Waals surface area contributed by atoms with E-state index in [2.05, 4.69) is 22.1 Å². The standard InChI is InChI=1S/C21H26N4O5S2/c1-5-10-25-17(13-8-9-13)23-24-21(25)31-11-14(26)22-18-15(19(27)29-6-2)12(4)16(32-18)20(28)30-7-3/h5,13H,1,6-11H2,2-4H3,(H,22,26). The monoisotopic (exact) mass is 478 g/mol. The molecule has 2 aromatic heterocycles. The molecule has 1 fully saturated rings. The zero-order valence-corrected chi connectivity index (χ0v) is 19.9. The van der Waals surface area contributed by atoms with Crippen molar-refractivity contribution >= 4 is 45.9 Å². The minimum atomic E-state index is -0.598. The summed E-state index contributed by atoms with van der Waals surface area (Å²) in [6, 6.07) is 0. The van der Waals surface area contributed by atoms with E-state index in [1.807, 2.05) is 4.57 Å². The normalized spacial score (nSPS) is 13.0. The number of allylic oxidation sites excluding steroid dienone is 1. The summed E-state index contributed by atoms with van der Waals surface area (Å²) in [6.07, 6.45) is 3.96. The first-order valence-corrected chi connectivity index (χ1v) is 12.2. The third-order valence-corrected chi connectivity index (χ3v) is 6.83. The van der Waals surface area contributed by atoms with Gasteiger partial charge in [-0.05, 0) is 39.2 Å². The van der Waals surface area contributed by atoms with E-state index in [0.29, 0.717) is 23.2 Å². The van der Waals surface area contributed by atoms with Gasteiger partial charge in [-0.25, -0.2) is 9.59 Å². The molecule has 0 aliphatic heterocycles. The third kappa shape index (κ3) is 5.39. The van der Waals surface area contributed by atoms with Crippen molar-refractivity contribution < 1.29 is 23.9 Å². The van der Waals surface area contributed by atoms with Crippen LogP contribution in [0.5, 0.6) is 0 Å². The van der Waals surface area contributed by atoms with Crippen molar-refractivity contribution in [3.05, 3.63) is 34.5 Å². The number of ether oxygens (including phenoxy) is 2. The number of carbonyl (C=O) groups is 3. The molecule has 3 rings (SSSR count). The molecule has 0 unspecified atom stereocenters. The fraction of sp³-hybridized carbons (Fsp3) is 0.476. The van der Waals surface area contributed by atoms with Crippen LogP contribution in [0.4, 0.5) is 5.00 Å². The second-order valence-corrected chi connectivity index (χ2v) is 9.02. The number of aromatic nitrogens is 3. The molecule has 2 aromatic rings. The fourth-order valence-electron chi connectivity index (χ4n) is 3.09. The molecule has 0 saturated heterocycles. The van der Waals surface area contributed by atoms with Crippen molar-refractivity contribution in [2.45, 2.75) is 51.2 Å².